The Morgan fingerprint density at radius 1 is 1.32 bits per heavy atom. The normalized spacial score (nSPS) is 10.6. The van der Waals surface area contributed by atoms with Gasteiger partial charge in [0, 0.05) is 12.1 Å². The summed E-state index contributed by atoms with van der Waals surface area (Å²) < 4.78 is 26.8. The largest absolute Gasteiger partial charge is 0.352 e. The summed E-state index contributed by atoms with van der Waals surface area (Å²) in [6, 6.07) is 1.91. The molecular weight excluding hydrogens is 252 g/mol. The molecule has 1 aromatic carbocycles. The second kappa shape index (κ2) is 7.04. The number of nitrogens with one attached hydrogen (secondary N) is 2. The van der Waals surface area contributed by atoms with Crippen LogP contribution in [0.4, 0.5) is 14.5 Å². The van der Waals surface area contributed by atoms with Crippen LogP contribution in [0.3, 0.4) is 0 Å². The Morgan fingerprint density at radius 2 is 1.89 bits per heavy atom. The summed E-state index contributed by atoms with van der Waals surface area (Å²) in [6.07, 6.45) is 1.82. The van der Waals surface area contributed by atoms with Gasteiger partial charge in [0.1, 0.15) is 5.69 Å². The minimum atomic E-state index is -0.894. The lowest BCUT2D eigenvalue weighted by molar-refractivity contribution is 0.0951. The maximum atomic E-state index is 13.4. The summed E-state index contributed by atoms with van der Waals surface area (Å²) in [5.74, 6) is 3.25. The molecule has 0 aromatic heterocycles. The van der Waals surface area contributed by atoms with E-state index in [0.717, 1.165) is 25.0 Å². The Balaban J connectivity index is 2.63. The first-order valence-electron chi connectivity index (χ1n) is 6.19. The molecule has 0 spiro atoms. The van der Waals surface area contributed by atoms with Crippen molar-refractivity contribution in [1.29, 1.82) is 0 Å². The van der Waals surface area contributed by atoms with Crippen molar-refractivity contribution in [2.45, 2.75) is 26.7 Å². The van der Waals surface area contributed by atoms with Crippen LogP contribution in [0, 0.1) is 17.6 Å². The van der Waals surface area contributed by atoms with Gasteiger partial charge in [-0.05, 0) is 30.9 Å². The third kappa shape index (κ3) is 4.48. The highest BCUT2D eigenvalue weighted by atomic mass is 19.1. The minimum Gasteiger partial charge on any atom is -0.352 e. The van der Waals surface area contributed by atoms with Crippen LogP contribution in [0.1, 0.15) is 37.0 Å². The molecule has 0 saturated carbocycles. The maximum Gasteiger partial charge on any atom is 0.251 e. The van der Waals surface area contributed by atoms with Crippen LogP contribution in [0.15, 0.2) is 12.1 Å². The van der Waals surface area contributed by atoms with E-state index < -0.39 is 23.2 Å². The number of hydrazine groups is 1. The van der Waals surface area contributed by atoms with Gasteiger partial charge in [0.15, 0.2) is 11.6 Å². The van der Waals surface area contributed by atoms with Crippen molar-refractivity contribution in [3.8, 4) is 0 Å². The third-order valence-electron chi connectivity index (χ3n) is 2.69. The van der Waals surface area contributed by atoms with Crippen LogP contribution in [-0.2, 0) is 0 Å². The van der Waals surface area contributed by atoms with Crippen LogP contribution in [0.5, 0.6) is 0 Å². The van der Waals surface area contributed by atoms with Crippen molar-refractivity contribution in [3.63, 3.8) is 0 Å². The molecule has 0 radical (unpaired) electrons. The molecule has 19 heavy (non-hydrogen) atoms. The predicted octanol–water partition coefficient (Wildman–Crippen LogP) is 2.42. The van der Waals surface area contributed by atoms with Gasteiger partial charge < -0.3 is 10.7 Å². The summed E-state index contributed by atoms with van der Waals surface area (Å²) in [5, 5.41) is 2.62. The lowest BCUT2D eigenvalue weighted by atomic mass is 10.1. The molecule has 0 heterocycles. The molecule has 4 N–H and O–H groups in total. The average molecular weight is 271 g/mol. The van der Waals surface area contributed by atoms with E-state index in [4.69, 9.17) is 5.84 Å². The van der Waals surface area contributed by atoms with Crippen molar-refractivity contribution in [3.05, 3.63) is 29.3 Å². The number of nitrogen functional groups attached to an aromatic ring is 1. The summed E-state index contributed by atoms with van der Waals surface area (Å²) in [6.45, 7) is 4.66. The van der Waals surface area contributed by atoms with E-state index in [1.54, 1.807) is 0 Å². The van der Waals surface area contributed by atoms with E-state index in [9.17, 15) is 13.6 Å². The molecule has 0 aliphatic heterocycles. The standard InChI is InChI=1S/C13H19F2N3O/c1-8(2)4-3-5-17-13(19)9-6-10(14)12(18-16)11(15)7-9/h6-8,18H,3-5,16H2,1-2H3,(H,17,19). The molecule has 0 unspecified atom stereocenters. The molecule has 1 amide bonds. The lowest BCUT2D eigenvalue weighted by Gasteiger charge is -2.09. The Kier molecular flexibility index (Phi) is 5.69. The van der Waals surface area contributed by atoms with Gasteiger partial charge in [-0.3, -0.25) is 10.6 Å². The molecule has 0 saturated heterocycles. The second-order valence-electron chi connectivity index (χ2n) is 4.75. The quantitative estimate of drug-likeness (QED) is 0.423. The Bertz CT molecular complexity index is 427. The number of carbonyl (C=O) groups is 1. The van der Waals surface area contributed by atoms with Crippen LogP contribution in [0.2, 0.25) is 0 Å². The number of hydrogen-bond acceptors (Lipinski definition) is 3. The van der Waals surface area contributed by atoms with Gasteiger partial charge in [0.2, 0.25) is 0 Å². The molecule has 106 valence electrons. The van der Waals surface area contributed by atoms with Crippen LogP contribution in [0.25, 0.3) is 0 Å². The van der Waals surface area contributed by atoms with E-state index in [0.29, 0.717) is 12.5 Å². The fourth-order valence-corrected chi connectivity index (χ4v) is 1.66. The van der Waals surface area contributed by atoms with Gasteiger partial charge in [-0.25, -0.2) is 8.78 Å². The molecule has 0 aliphatic rings. The van der Waals surface area contributed by atoms with E-state index in [-0.39, 0.29) is 5.56 Å². The number of halogens is 2. The summed E-state index contributed by atoms with van der Waals surface area (Å²) in [7, 11) is 0. The molecular formula is C13H19F2N3O. The predicted molar refractivity (Wildman–Crippen MR) is 70.6 cm³/mol. The molecule has 0 atom stereocenters. The highest BCUT2D eigenvalue weighted by molar-refractivity contribution is 5.94. The zero-order valence-electron chi connectivity index (χ0n) is 11.1. The number of anilines is 1. The van der Waals surface area contributed by atoms with Crippen molar-refractivity contribution in [2.24, 2.45) is 11.8 Å². The smallest absolute Gasteiger partial charge is 0.251 e. The van der Waals surface area contributed by atoms with Gasteiger partial charge in [0.25, 0.3) is 5.91 Å². The van der Waals surface area contributed by atoms with Crippen molar-refractivity contribution in [1.82, 2.24) is 5.32 Å². The number of nitrogens with two attached hydrogens (primary N) is 1. The SMILES string of the molecule is CC(C)CCCNC(=O)c1cc(F)c(NN)c(F)c1. The van der Waals surface area contributed by atoms with Crippen molar-refractivity contribution >= 4 is 11.6 Å². The number of benzene rings is 1. The van der Waals surface area contributed by atoms with Crippen molar-refractivity contribution < 1.29 is 13.6 Å². The monoisotopic (exact) mass is 271 g/mol. The molecule has 0 fully saturated rings. The Hall–Kier alpha value is -1.69. The first kappa shape index (κ1) is 15.4. The average Bonchev–Trinajstić information content (AvgIpc) is 2.33. The van der Waals surface area contributed by atoms with Gasteiger partial charge in [0.05, 0.1) is 0 Å². The summed E-state index contributed by atoms with van der Waals surface area (Å²) >= 11 is 0. The summed E-state index contributed by atoms with van der Waals surface area (Å²) in [5.41, 5.74) is 1.41. The van der Waals surface area contributed by atoms with Crippen LogP contribution in [-0.4, -0.2) is 12.5 Å². The number of carbonyl (C=O) groups excluding carboxylic acids is 1. The highest BCUT2D eigenvalue weighted by Crippen LogP contribution is 2.19. The van der Waals surface area contributed by atoms with Gasteiger partial charge in [-0.1, -0.05) is 13.8 Å². The van der Waals surface area contributed by atoms with E-state index in [1.807, 2.05) is 5.43 Å². The zero-order valence-corrected chi connectivity index (χ0v) is 11.1. The zero-order chi connectivity index (χ0) is 14.4. The molecule has 6 heteroatoms. The fourth-order valence-electron chi connectivity index (χ4n) is 1.66. The summed E-state index contributed by atoms with van der Waals surface area (Å²) in [4.78, 5) is 11.7. The molecule has 1 aromatic rings. The molecule has 0 aliphatic carbocycles. The Labute approximate surface area is 111 Å². The van der Waals surface area contributed by atoms with Crippen molar-refractivity contribution in [2.75, 3.05) is 12.0 Å². The first-order valence-corrected chi connectivity index (χ1v) is 6.19. The van der Waals surface area contributed by atoms with E-state index >= 15 is 0 Å². The topological polar surface area (TPSA) is 67.2 Å². The van der Waals surface area contributed by atoms with Gasteiger partial charge >= 0.3 is 0 Å². The molecule has 4 nitrogen and oxygen atoms in total. The lowest BCUT2D eigenvalue weighted by Crippen LogP contribution is -2.25. The fraction of sp³-hybridized carbons (Fsp3) is 0.462. The second-order valence-corrected chi connectivity index (χ2v) is 4.75. The van der Waals surface area contributed by atoms with E-state index in [2.05, 4.69) is 19.2 Å². The van der Waals surface area contributed by atoms with Crippen LogP contribution < -0.4 is 16.6 Å². The first-order chi connectivity index (χ1) is 8.95. The van der Waals surface area contributed by atoms with E-state index in [1.165, 1.54) is 0 Å². The number of hydrogen-bond donors (Lipinski definition) is 3. The third-order valence-corrected chi connectivity index (χ3v) is 2.69. The number of amides is 1. The van der Waals surface area contributed by atoms with Crippen LogP contribution >= 0.6 is 0 Å². The van der Waals surface area contributed by atoms with Gasteiger partial charge in [-0.2, -0.15) is 0 Å². The number of rotatable bonds is 6. The Morgan fingerprint density at radius 3 is 2.37 bits per heavy atom. The molecule has 1 rings (SSSR count). The minimum absolute atomic E-state index is 0.0569. The maximum absolute atomic E-state index is 13.4. The molecule has 0 bridgehead atoms. The highest BCUT2D eigenvalue weighted by Gasteiger charge is 2.14. The van der Waals surface area contributed by atoms with Gasteiger partial charge in [-0.15, -0.1) is 0 Å².